The Morgan fingerprint density at radius 1 is 0.554 bits per heavy atom. The lowest BCUT2D eigenvalue weighted by Gasteiger charge is -2.33. The summed E-state index contributed by atoms with van der Waals surface area (Å²) < 4.78 is 0. The normalized spacial score (nSPS) is 18.8. The number of nitrogens with zero attached hydrogens (tertiary/aromatic N) is 5. The summed E-state index contributed by atoms with van der Waals surface area (Å²) in [6.45, 7) is 1.66. The number of carbonyl (C=O) groups is 10. The number of rotatable bonds is 27. The van der Waals surface area contributed by atoms with Crippen LogP contribution in [-0.4, -0.2) is 225 Å². The average molecular weight is 1040 g/mol. The topological polar surface area (TPSA) is 378 Å². The molecule has 2 fully saturated rings. The molecule has 5 amide bonds. The van der Waals surface area contributed by atoms with Crippen molar-refractivity contribution >= 4 is 70.5 Å². The van der Waals surface area contributed by atoms with E-state index in [9.17, 15) is 73.5 Å². The molecule has 1 aliphatic heterocycles. The summed E-state index contributed by atoms with van der Waals surface area (Å²) in [5.41, 5.74) is 1.25. The maximum atomic E-state index is 13.8. The molecule has 0 unspecified atom stereocenters. The third-order valence-corrected chi connectivity index (χ3v) is 13.0. The van der Waals surface area contributed by atoms with Crippen molar-refractivity contribution in [3.63, 3.8) is 0 Å². The molecule has 26 heteroatoms. The van der Waals surface area contributed by atoms with Crippen LogP contribution < -0.4 is 26.6 Å². The van der Waals surface area contributed by atoms with Crippen molar-refractivity contribution in [2.24, 2.45) is 11.8 Å². The number of urea groups is 1. The number of fused-ring (bicyclic) bond motifs is 1. The van der Waals surface area contributed by atoms with E-state index in [4.69, 9.17) is 5.11 Å². The number of nitrogens with one attached hydrogen (secondary N) is 5. The molecular weight excluding hydrogens is 973 g/mol. The Balaban J connectivity index is 1.30. The molecule has 74 heavy (non-hydrogen) atoms. The maximum Gasteiger partial charge on any atom is 0.326 e. The second kappa shape index (κ2) is 30.9. The molecule has 1 aromatic carbocycles. The van der Waals surface area contributed by atoms with Gasteiger partial charge < -0.3 is 57.2 Å². The fraction of sp³-hybridized carbons (Fsp3) is 0.604. The molecule has 2 heterocycles. The van der Waals surface area contributed by atoms with E-state index in [0.29, 0.717) is 56.5 Å². The minimum Gasteiger partial charge on any atom is -0.481 e. The van der Waals surface area contributed by atoms with Crippen LogP contribution in [0.3, 0.4) is 0 Å². The van der Waals surface area contributed by atoms with Gasteiger partial charge in [0.15, 0.2) is 0 Å². The Labute approximate surface area is 427 Å². The highest BCUT2D eigenvalue weighted by Crippen LogP contribution is 2.29. The lowest BCUT2D eigenvalue weighted by molar-refractivity contribution is -0.141. The van der Waals surface area contributed by atoms with Crippen molar-refractivity contribution < 1.29 is 78.6 Å². The Morgan fingerprint density at radius 2 is 1.07 bits per heavy atom. The van der Waals surface area contributed by atoms with Gasteiger partial charge in [0, 0.05) is 95.3 Å². The van der Waals surface area contributed by atoms with E-state index < -0.39 is 84.6 Å². The van der Waals surface area contributed by atoms with Gasteiger partial charge in [0.25, 0.3) is 0 Å². The lowest BCUT2D eigenvalue weighted by Crippen LogP contribution is -2.51. The maximum absolute atomic E-state index is 13.8. The predicted octanol–water partition coefficient (Wildman–Crippen LogP) is -0.983. The molecule has 408 valence electrons. The summed E-state index contributed by atoms with van der Waals surface area (Å²) in [5, 5.41) is 70.2. The zero-order valence-corrected chi connectivity index (χ0v) is 41.3. The standard InChI is InChI=1S/C48H70N10O16/c59-39(27-55-17-19-56(28-41(62)63)21-23-58(30-43(66)67)24-22-57(20-18-55)29-42(64)65)50-26-31-8-10-33(11-9-31)44(68)52-38(25-34-13-12-32-5-1-2-6-35(32)51-34)45(69)49-16-4-3-7-36(46(70)71)53-48(74)54-37(47(72)73)14-15-40(60)61/h1-2,5-6,12-13,31,33,36-38H,3-4,7-11,14-30H2,(H,49,69)(H,50,59)(H,52,68)(H,60,61)(H,62,63)(H,64,65)(H,66,67)(H,70,71)(H,72,73)(H2,53,54,74)/t31?,33?,36-,37-,38-/m0/s1. The molecule has 0 spiro atoms. The fourth-order valence-electron chi connectivity index (χ4n) is 8.81. The third-order valence-electron chi connectivity index (χ3n) is 13.0. The number of hydrogen-bond acceptors (Lipinski definition) is 15. The summed E-state index contributed by atoms with van der Waals surface area (Å²) in [7, 11) is 0. The monoisotopic (exact) mass is 1040 g/mol. The van der Waals surface area contributed by atoms with Gasteiger partial charge in [-0.2, -0.15) is 0 Å². The first-order valence-electron chi connectivity index (χ1n) is 24.7. The number of carboxylic acids is 6. The van der Waals surface area contributed by atoms with Crippen molar-refractivity contribution in [1.29, 1.82) is 0 Å². The van der Waals surface area contributed by atoms with E-state index in [0.717, 1.165) is 5.39 Å². The number of benzene rings is 1. The predicted molar refractivity (Wildman–Crippen MR) is 263 cm³/mol. The van der Waals surface area contributed by atoms with Gasteiger partial charge in [-0.05, 0) is 69.4 Å². The number of para-hydroxylation sites is 1. The number of carboxylic acid groups (broad SMARTS) is 6. The Kier molecular flexibility index (Phi) is 24.8. The number of carbonyl (C=O) groups excluding carboxylic acids is 4. The molecule has 1 aliphatic carbocycles. The number of unbranched alkanes of at least 4 members (excludes halogenated alkanes) is 1. The first kappa shape index (κ1) is 59.5. The SMILES string of the molecule is O=C(O)CC[C@H](NC(=O)N[C@@H](CCCCNC(=O)[C@H](Cc1ccc2ccccc2n1)NC(=O)C1CCC(CNC(=O)CN2CCN(CC(=O)O)CCN(CC(=O)O)CCN(CC(=O)O)CC2)CC1)C(=O)O)C(=O)O. The molecule has 2 aromatic rings. The summed E-state index contributed by atoms with van der Waals surface area (Å²) >= 11 is 0. The fourth-order valence-corrected chi connectivity index (χ4v) is 8.81. The quantitative estimate of drug-likeness (QED) is 0.0479. The average Bonchev–Trinajstić information content (AvgIpc) is 3.34. The number of hydrogen-bond donors (Lipinski definition) is 11. The van der Waals surface area contributed by atoms with Crippen LogP contribution in [0.15, 0.2) is 36.4 Å². The van der Waals surface area contributed by atoms with Gasteiger partial charge in [-0.15, -0.1) is 0 Å². The molecule has 0 radical (unpaired) electrons. The van der Waals surface area contributed by atoms with Crippen LogP contribution in [0.25, 0.3) is 10.9 Å². The van der Waals surface area contributed by atoms with Crippen molar-refractivity contribution in [3.05, 3.63) is 42.1 Å². The minimum atomic E-state index is -1.56. The number of pyridine rings is 1. The molecule has 0 bridgehead atoms. The summed E-state index contributed by atoms with van der Waals surface area (Å²) in [6, 6.07) is 5.96. The number of aromatic nitrogens is 1. The lowest BCUT2D eigenvalue weighted by atomic mass is 9.81. The summed E-state index contributed by atoms with van der Waals surface area (Å²) in [6.07, 6.45) is 1.70. The van der Waals surface area contributed by atoms with E-state index in [1.54, 1.807) is 20.8 Å². The van der Waals surface area contributed by atoms with Gasteiger partial charge in [-0.3, -0.25) is 58.1 Å². The number of aliphatic carboxylic acids is 6. The molecule has 3 atom stereocenters. The zero-order chi connectivity index (χ0) is 54.2. The van der Waals surface area contributed by atoms with Crippen molar-refractivity contribution in [2.75, 3.05) is 91.6 Å². The summed E-state index contributed by atoms with van der Waals surface area (Å²) in [4.78, 5) is 134. The largest absolute Gasteiger partial charge is 0.481 e. The zero-order valence-electron chi connectivity index (χ0n) is 41.3. The first-order valence-corrected chi connectivity index (χ1v) is 24.7. The van der Waals surface area contributed by atoms with Crippen LogP contribution in [0.2, 0.25) is 0 Å². The molecule has 11 N–H and O–H groups in total. The van der Waals surface area contributed by atoms with Crippen LogP contribution in [0.5, 0.6) is 0 Å². The van der Waals surface area contributed by atoms with Gasteiger partial charge in [-0.25, -0.2) is 14.4 Å². The van der Waals surface area contributed by atoms with E-state index in [-0.39, 0.29) is 115 Å². The van der Waals surface area contributed by atoms with E-state index in [1.807, 2.05) is 35.2 Å². The van der Waals surface area contributed by atoms with Crippen LogP contribution in [-0.2, 0) is 49.6 Å². The summed E-state index contributed by atoms with van der Waals surface area (Å²) in [5.74, 6) is -8.79. The second-order valence-corrected chi connectivity index (χ2v) is 18.7. The van der Waals surface area contributed by atoms with Gasteiger partial charge in [-0.1, -0.05) is 24.3 Å². The highest BCUT2D eigenvalue weighted by molar-refractivity contribution is 5.89. The third kappa shape index (κ3) is 22.4. The van der Waals surface area contributed by atoms with Crippen molar-refractivity contribution in [1.82, 2.24) is 51.2 Å². The van der Waals surface area contributed by atoms with Gasteiger partial charge in [0.05, 0.1) is 31.7 Å². The van der Waals surface area contributed by atoms with Gasteiger partial charge in [0.1, 0.15) is 18.1 Å². The smallest absolute Gasteiger partial charge is 0.326 e. The molecule has 1 aromatic heterocycles. The van der Waals surface area contributed by atoms with Crippen LogP contribution in [0, 0.1) is 11.8 Å². The molecule has 26 nitrogen and oxygen atoms in total. The molecule has 1 saturated heterocycles. The van der Waals surface area contributed by atoms with Gasteiger partial charge in [0.2, 0.25) is 17.7 Å². The van der Waals surface area contributed by atoms with Crippen LogP contribution >= 0.6 is 0 Å². The minimum absolute atomic E-state index is 0.0334. The van der Waals surface area contributed by atoms with E-state index in [1.165, 1.54) is 0 Å². The van der Waals surface area contributed by atoms with E-state index >= 15 is 0 Å². The van der Waals surface area contributed by atoms with Crippen molar-refractivity contribution in [3.8, 4) is 0 Å². The van der Waals surface area contributed by atoms with Crippen LogP contribution in [0.1, 0.15) is 63.5 Å². The molecular formula is C48H70N10O16. The Hall–Kier alpha value is -7.03. The van der Waals surface area contributed by atoms with Crippen molar-refractivity contribution in [2.45, 2.75) is 82.3 Å². The number of amides is 5. The molecule has 4 rings (SSSR count). The highest BCUT2D eigenvalue weighted by Gasteiger charge is 2.31. The van der Waals surface area contributed by atoms with Gasteiger partial charge >= 0.3 is 41.8 Å². The van der Waals surface area contributed by atoms with Crippen LogP contribution in [0.4, 0.5) is 4.79 Å². The molecule has 1 saturated carbocycles. The van der Waals surface area contributed by atoms with E-state index in [2.05, 4.69) is 31.6 Å². The molecule has 2 aliphatic rings. The first-order chi connectivity index (χ1) is 35.2. The Morgan fingerprint density at radius 3 is 1.58 bits per heavy atom. The Bertz CT molecular complexity index is 2230. The highest BCUT2D eigenvalue weighted by atomic mass is 16.4. The second-order valence-electron chi connectivity index (χ2n) is 18.7.